The van der Waals surface area contributed by atoms with Crippen LogP contribution < -0.4 is 10.5 Å². The van der Waals surface area contributed by atoms with Crippen LogP contribution in [-0.4, -0.2) is 29.9 Å². The lowest BCUT2D eigenvalue weighted by Crippen LogP contribution is -2.45. The highest BCUT2D eigenvalue weighted by molar-refractivity contribution is 6.42. The molecule has 2 aromatic rings. The molecule has 7 heteroatoms. The maximum absolute atomic E-state index is 12.7. The van der Waals surface area contributed by atoms with Crippen LogP contribution in [0, 0.1) is 5.92 Å². The molecule has 2 atom stereocenters. The number of ether oxygens (including phenoxy) is 1. The summed E-state index contributed by atoms with van der Waals surface area (Å²) < 4.78 is 5.76. The van der Waals surface area contributed by atoms with Crippen LogP contribution in [0.5, 0.6) is 11.5 Å². The third-order valence-electron chi connectivity index (χ3n) is 4.73. The number of hydrogen-bond donors (Lipinski definition) is 1. The molecule has 0 spiro atoms. The average molecular weight is 430 g/mol. The number of carbonyl (C=O) groups is 1. The molecule has 146 valence electrons. The summed E-state index contributed by atoms with van der Waals surface area (Å²) in [6.45, 7) is 3.50. The molecule has 1 aliphatic rings. The summed E-state index contributed by atoms with van der Waals surface area (Å²) in [6.07, 6.45) is 2.07. The molecule has 0 saturated carbocycles. The van der Waals surface area contributed by atoms with Crippen molar-refractivity contribution in [2.24, 2.45) is 11.7 Å². The molecule has 1 heterocycles. The van der Waals surface area contributed by atoms with Gasteiger partial charge in [0.1, 0.15) is 16.5 Å². The highest BCUT2D eigenvalue weighted by Crippen LogP contribution is 2.34. The number of likely N-dealkylation sites (tertiary alicyclic amines) is 1. The molecular formula is C20H23Cl3N2O2. The van der Waals surface area contributed by atoms with Crippen LogP contribution in [0.1, 0.15) is 30.1 Å². The van der Waals surface area contributed by atoms with E-state index in [1.54, 1.807) is 42.5 Å². The standard InChI is InChI=1S/C20H22Cl2N2O2.ClH/c1-13(23)15-4-3-11-24(12-15)20(25)14-7-9-16(10-8-14)26-18-6-2-5-17(21)19(18)22;/h2,5-10,13,15H,3-4,11-12,23H2,1H3;1H. The fourth-order valence-electron chi connectivity index (χ4n) is 3.16. The van der Waals surface area contributed by atoms with Gasteiger partial charge in [-0.3, -0.25) is 4.79 Å². The molecule has 2 aromatic carbocycles. The van der Waals surface area contributed by atoms with Crippen LogP contribution in [0.3, 0.4) is 0 Å². The second-order valence-electron chi connectivity index (χ2n) is 6.69. The second kappa shape index (κ2) is 9.65. The van der Waals surface area contributed by atoms with Gasteiger partial charge in [-0.25, -0.2) is 0 Å². The van der Waals surface area contributed by atoms with E-state index in [1.165, 1.54) is 0 Å². The van der Waals surface area contributed by atoms with Crippen LogP contribution in [0.2, 0.25) is 10.0 Å². The molecule has 1 amide bonds. The van der Waals surface area contributed by atoms with E-state index in [0.717, 1.165) is 19.4 Å². The first kappa shape index (κ1) is 21.8. The first-order chi connectivity index (χ1) is 12.5. The molecule has 1 fully saturated rings. The molecule has 3 rings (SSSR count). The lowest BCUT2D eigenvalue weighted by atomic mass is 9.92. The number of carbonyl (C=O) groups excluding carboxylic acids is 1. The normalized spacial score (nSPS) is 17.8. The summed E-state index contributed by atoms with van der Waals surface area (Å²) in [7, 11) is 0. The zero-order chi connectivity index (χ0) is 18.7. The lowest BCUT2D eigenvalue weighted by molar-refractivity contribution is 0.0661. The SMILES string of the molecule is CC(N)C1CCCN(C(=O)c2ccc(Oc3cccc(Cl)c3Cl)cc2)C1.Cl. The van der Waals surface area contributed by atoms with Gasteiger partial charge in [-0.15, -0.1) is 12.4 Å². The van der Waals surface area contributed by atoms with E-state index in [-0.39, 0.29) is 24.4 Å². The molecule has 1 saturated heterocycles. The van der Waals surface area contributed by atoms with Crippen molar-refractivity contribution in [2.75, 3.05) is 13.1 Å². The minimum absolute atomic E-state index is 0. The summed E-state index contributed by atoms with van der Waals surface area (Å²) in [6, 6.07) is 12.4. The Hall–Kier alpha value is -1.46. The van der Waals surface area contributed by atoms with Crippen molar-refractivity contribution in [1.82, 2.24) is 4.90 Å². The smallest absolute Gasteiger partial charge is 0.253 e. The number of hydrogen-bond acceptors (Lipinski definition) is 3. The number of nitrogens with zero attached hydrogens (tertiary/aromatic N) is 1. The Labute approximate surface area is 176 Å². The van der Waals surface area contributed by atoms with E-state index in [2.05, 4.69) is 0 Å². The van der Waals surface area contributed by atoms with Crippen LogP contribution in [-0.2, 0) is 0 Å². The van der Waals surface area contributed by atoms with E-state index in [0.29, 0.717) is 39.6 Å². The Morgan fingerprint density at radius 2 is 1.93 bits per heavy atom. The number of halogens is 3. The summed E-state index contributed by atoms with van der Waals surface area (Å²) >= 11 is 12.1. The molecule has 0 aliphatic carbocycles. The third-order valence-corrected chi connectivity index (χ3v) is 5.54. The second-order valence-corrected chi connectivity index (χ2v) is 7.48. The lowest BCUT2D eigenvalue weighted by Gasteiger charge is -2.34. The largest absolute Gasteiger partial charge is 0.456 e. The topological polar surface area (TPSA) is 55.6 Å². The van der Waals surface area contributed by atoms with E-state index in [4.69, 9.17) is 33.7 Å². The highest BCUT2D eigenvalue weighted by atomic mass is 35.5. The van der Waals surface area contributed by atoms with Gasteiger partial charge in [0.15, 0.2) is 0 Å². The predicted octanol–water partition coefficient (Wildman–Crippen LogP) is 5.41. The summed E-state index contributed by atoms with van der Waals surface area (Å²) in [4.78, 5) is 14.6. The number of rotatable bonds is 4. The van der Waals surface area contributed by atoms with Crippen LogP contribution in [0.4, 0.5) is 0 Å². The number of benzene rings is 2. The van der Waals surface area contributed by atoms with Gasteiger partial charge in [0, 0.05) is 24.7 Å². The van der Waals surface area contributed by atoms with Crippen molar-refractivity contribution in [3.8, 4) is 11.5 Å². The monoisotopic (exact) mass is 428 g/mol. The Balaban J connectivity index is 0.00000261. The van der Waals surface area contributed by atoms with Crippen molar-refractivity contribution < 1.29 is 9.53 Å². The summed E-state index contributed by atoms with van der Waals surface area (Å²) in [5, 5.41) is 0.800. The Bertz CT molecular complexity index is 781. The van der Waals surface area contributed by atoms with Crippen molar-refractivity contribution in [3.05, 3.63) is 58.1 Å². The van der Waals surface area contributed by atoms with E-state index in [9.17, 15) is 4.79 Å². The fraction of sp³-hybridized carbons (Fsp3) is 0.350. The highest BCUT2D eigenvalue weighted by Gasteiger charge is 2.26. The zero-order valence-corrected chi connectivity index (χ0v) is 17.4. The molecule has 4 nitrogen and oxygen atoms in total. The van der Waals surface area contributed by atoms with Crippen molar-refractivity contribution >= 4 is 41.5 Å². The van der Waals surface area contributed by atoms with Gasteiger partial charge in [0.25, 0.3) is 5.91 Å². The minimum Gasteiger partial charge on any atom is -0.456 e. The molecule has 0 radical (unpaired) electrons. The molecule has 1 aliphatic heterocycles. The molecule has 0 bridgehead atoms. The number of nitrogens with two attached hydrogens (primary N) is 1. The van der Waals surface area contributed by atoms with Gasteiger partial charge in [-0.1, -0.05) is 29.3 Å². The van der Waals surface area contributed by atoms with Crippen molar-refractivity contribution in [1.29, 1.82) is 0 Å². The third kappa shape index (κ3) is 5.29. The Kier molecular flexibility index (Phi) is 7.80. The summed E-state index contributed by atoms with van der Waals surface area (Å²) in [5.74, 6) is 1.47. The number of piperidine rings is 1. The quantitative estimate of drug-likeness (QED) is 0.707. The minimum atomic E-state index is 0. The van der Waals surface area contributed by atoms with E-state index < -0.39 is 0 Å². The van der Waals surface area contributed by atoms with Gasteiger partial charge < -0.3 is 15.4 Å². The Morgan fingerprint density at radius 1 is 1.22 bits per heavy atom. The molecular weight excluding hydrogens is 407 g/mol. The number of amides is 1. The van der Waals surface area contributed by atoms with Crippen LogP contribution in [0.25, 0.3) is 0 Å². The van der Waals surface area contributed by atoms with Gasteiger partial charge in [0.05, 0.1) is 5.02 Å². The fourth-order valence-corrected chi connectivity index (χ4v) is 3.49. The van der Waals surface area contributed by atoms with Crippen LogP contribution >= 0.6 is 35.6 Å². The maximum atomic E-state index is 12.7. The Morgan fingerprint density at radius 3 is 2.59 bits per heavy atom. The van der Waals surface area contributed by atoms with Crippen molar-refractivity contribution in [2.45, 2.75) is 25.8 Å². The maximum Gasteiger partial charge on any atom is 0.253 e. The summed E-state index contributed by atoms with van der Waals surface area (Å²) in [5.41, 5.74) is 6.65. The molecule has 2 unspecified atom stereocenters. The van der Waals surface area contributed by atoms with Crippen molar-refractivity contribution in [3.63, 3.8) is 0 Å². The van der Waals surface area contributed by atoms with Gasteiger partial charge >= 0.3 is 0 Å². The molecule has 2 N–H and O–H groups in total. The zero-order valence-electron chi connectivity index (χ0n) is 15.0. The average Bonchev–Trinajstić information content (AvgIpc) is 2.65. The van der Waals surface area contributed by atoms with E-state index in [1.807, 2.05) is 11.8 Å². The molecule has 0 aromatic heterocycles. The van der Waals surface area contributed by atoms with Gasteiger partial charge in [0.2, 0.25) is 0 Å². The molecule has 27 heavy (non-hydrogen) atoms. The van der Waals surface area contributed by atoms with Crippen LogP contribution in [0.15, 0.2) is 42.5 Å². The first-order valence-electron chi connectivity index (χ1n) is 8.72. The van der Waals surface area contributed by atoms with Gasteiger partial charge in [-0.2, -0.15) is 0 Å². The van der Waals surface area contributed by atoms with Gasteiger partial charge in [-0.05, 0) is 62.1 Å². The first-order valence-corrected chi connectivity index (χ1v) is 9.48. The predicted molar refractivity (Wildman–Crippen MR) is 113 cm³/mol. The van der Waals surface area contributed by atoms with E-state index >= 15 is 0 Å².